The van der Waals surface area contributed by atoms with Gasteiger partial charge in [-0.1, -0.05) is 6.08 Å². The van der Waals surface area contributed by atoms with Crippen LogP contribution in [0, 0.1) is 0 Å². The number of nitrogens with one attached hydrogen (secondary N) is 1. The van der Waals surface area contributed by atoms with Crippen LogP contribution in [0.25, 0.3) is 0 Å². The number of hydrogen-bond donors (Lipinski definition) is 1. The molecule has 0 aliphatic carbocycles. The second-order valence-corrected chi connectivity index (χ2v) is 1.79. The molecule has 0 aromatic heterocycles. The average Bonchev–Trinajstić information content (AvgIpc) is 1.86. The molecule has 1 N–H and O–H groups in total. The molecule has 3 nitrogen and oxygen atoms in total. The van der Waals surface area contributed by atoms with E-state index < -0.39 is 0 Å². The van der Waals surface area contributed by atoms with Crippen LogP contribution < -0.4 is 5.32 Å². The van der Waals surface area contributed by atoms with Crippen LogP contribution in [0.2, 0.25) is 0 Å². The summed E-state index contributed by atoms with van der Waals surface area (Å²) in [6.45, 7) is 3.32. The van der Waals surface area contributed by atoms with E-state index in [1.165, 1.54) is 6.92 Å². The zero-order valence-corrected chi connectivity index (χ0v) is 6.51. The Hall–Kier alpha value is -1.12. The first-order valence-corrected chi connectivity index (χ1v) is 3.07. The van der Waals surface area contributed by atoms with Gasteiger partial charge in [0.2, 0.25) is 5.91 Å². The minimum Gasteiger partial charge on any atom is -0.311 e. The van der Waals surface area contributed by atoms with Gasteiger partial charge in [-0.05, 0) is 13.0 Å². The highest BCUT2D eigenvalue weighted by atomic mass is 16.1. The summed E-state index contributed by atoms with van der Waals surface area (Å²) in [7, 11) is 1.63. The molecule has 56 valence electrons. The Kier molecular flexibility index (Phi) is 4.20. The van der Waals surface area contributed by atoms with E-state index in [1.54, 1.807) is 13.1 Å². The highest BCUT2D eigenvalue weighted by Crippen LogP contribution is 1.76. The number of carbonyl (C=O) groups is 1. The molecule has 3 heteroatoms. The molecule has 0 saturated carbocycles. The molecule has 0 aromatic rings. The number of amides is 1. The summed E-state index contributed by atoms with van der Waals surface area (Å²) in [5.41, 5.74) is 0. The number of allylic oxidation sites excluding steroid dienone is 1. The second-order valence-electron chi connectivity index (χ2n) is 1.79. The topological polar surface area (TPSA) is 41.5 Å². The van der Waals surface area contributed by atoms with Gasteiger partial charge in [-0.3, -0.25) is 9.79 Å². The lowest BCUT2D eigenvalue weighted by molar-refractivity contribution is -0.117. The first-order valence-electron chi connectivity index (χ1n) is 3.07. The third kappa shape index (κ3) is 3.83. The largest absolute Gasteiger partial charge is 0.311 e. The van der Waals surface area contributed by atoms with Crippen molar-refractivity contribution in [1.82, 2.24) is 5.32 Å². The van der Waals surface area contributed by atoms with Gasteiger partial charge in [0.25, 0.3) is 0 Å². The fourth-order valence-corrected chi connectivity index (χ4v) is 0.510. The van der Waals surface area contributed by atoms with E-state index in [0.717, 1.165) is 0 Å². The molecule has 0 rings (SSSR count). The van der Waals surface area contributed by atoms with Gasteiger partial charge in [0.1, 0.15) is 5.84 Å². The Balaban J connectivity index is 3.98. The van der Waals surface area contributed by atoms with E-state index in [2.05, 4.69) is 10.3 Å². The van der Waals surface area contributed by atoms with Crippen molar-refractivity contribution >= 4 is 11.7 Å². The van der Waals surface area contributed by atoms with Crippen LogP contribution in [-0.4, -0.2) is 18.8 Å². The summed E-state index contributed by atoms with van der Waals surface area (Å²) in [4.78, 5) is 14.3. The molecular weight excluding hydrogens is 128 g/mol. The van der Waals surface area contributed by atoms with Crippen LogP contribution >= 0.6 is 0 Å². The molecule has 0 radical (unpaired) electrons. The number of aliphatic imine (C=N–C) groups is 1. The van der Waals surface area contributed by atoms with Crippen molar-refractivity contribution in [3.05, 3.63) is 12.2 Å². The first-order chi connectivity index (χ1) is 4.70. The van der Waals surface area contributed by atoms with Crippen molar-refractivity contribution < 1.29 is 4.79 Å². The monoisotopic (exact) mass is 140 g/mol. The quantitative estimate of drug-likeness (QED) is 0.423. The van der Waals surface area contributed by atoms with Crippen molar-refractivity contribution in [3.63, 3.8) is 0 Å². The van der Waals surface area contributed by atoms with Crippen molar-refractivity contribution in [2.75, 3.05) is 7.05 Å². The third-order valence-electron chi connectivity index (χ3n) is 0.870. The highest BCUT2D eigenvalue weighted by Gasteiger charge is 1.92. The molecule has 0 aliphatic heterocycles. The van der Waals surface area contributed by atoms with Gasteiger partial charge < -0.3 is 5.32 Å². The molecule has 10 heavy (non-hydrogen) atoms. The summed E-state index contributed by atoms with van der Waals surface area (Å²) in [5, 5.41) is 2.55. The van der Waals surface area contributed by atoms with Crippen LogP contribution in [0.5, 0.6) is 0 Å². The van der Waals surface area contributed by atoms with Gasteiger partial charge >= 0.3 is 0 Å². The fraction of sp³-hybridized carbons (Fsp3) is 0.429. The van der Waals surface area contributed by atoms with Crippen molar-refractivity contribution in [2.45, 2.75) is 13.8 Å². The Labute approximate surface area is 60.8 Å². The number of nitrogens with zero attached hydrogens (tertiary/aromatic N) is 1. The molecule has 0 aromatic carbocycles. The summed E-state index contributed by atoms with van der Waals surface area (Å²) >= 11 is 0. The molecule has 0 unspecified atom stereocenters. The molecule has 0 fully saturated rings. The predicted molar refractivity (Wildman–Crippen MR) is 42.0 cm³/mol. The third-order valence-corrected chi connectivity index (χ3v) is 0.870. The van der Waals surface area contributed by atoms with Crippen LogP contribution in [0.3, 0.4) is 0 Å². The Morgan fingerprint density at radius 3 is 2.50 bits per heavy atom. The summed E-state index contributed by atoms with van der Waals surface area (Å²) < 4.78 is 0. The van der Waals surface area contributed by atoms with Crippen molar-refractivity contribution in [1.29, 1.82) is 0 Å². The lowest BCUT2D eigenvalue weighted by Crippen LogP contribution is -2.26. The fourth-order valence-electron chi connectivity index (χ4n) is 0.510. The van der Waals surface area contributed by atoms with E-state index in [1.807, 2.05) is 13.0 Å². The molecular formula is C7H12N2O. The molecule has 0 atom stereocenters. The summed E-state index contributed by atoms with van der Waals surface area (Å²) in [5.74, 6) is 0.494. The minimum absolute atomic E-state index is 0.0984. The predicted octanol–water partition coefficient (Wildman–Crippen LogP) is 0.727. The van der Waals surface area contributed by atoms with Crippen LogP contribution in [0.4, 0.5) is 0 Å². The van der Waals surface area contributed by atoms with E-state index in [9.17, 15) is 4.79 Å². The molecule has 0 spiro atoms. The number of hydrogen-bond acceptors (Lipinski definition) is 2. The van der Waals surface area contributed by atoms with Gasteiger partial charge in [-0.2, -0.15) is 0 Å². The average molecular weight is 140 g/mol. The Morgan fingerprint density at radius 1 is 1.60 bits per heavy atom. The number of rotatable bonds is 1. The Morgan fingerprint density at radius 2 is 2.20 bits per heavy atom. The maximum absolute atomic E-state index is 10.5. The van der Waals surface area contributed by atoms with Gasteiger partial charge in [-0.15, -0.1) is 0 Å². The van der Waals surface area contributed by atoms with Crippen LogP contribution in [0.1, 0.15) is 13.8 Å². The standard InChI is InChI=1S/C7H12N2O/c1-4-5-7(8-3)9-6(2)10/h4-5H,1-3H3,(H,8,9,10). The Bertz CT molecular complexity index is 170. The molecule has 0 bridgehead atoms. The van der Waals surface area contributed by atoms with E-state index in [0.29, 0.717) is 5.84 Å². The number of carbonyl (C=O) groups excluding carboxylic acids is 1. The molecule has 0 saturated heterocycles. The maximum atomic E-state index is 10.5. The summed E-state index contributed by atoms with van der Waals surface area (Å²) in [6, 6.07) is 0. The van der Waals surface area contributed by atoms with Crippen LogP contribution in [0.15, 0.2) is 17.1 Å². The van der Waals surface area contributed by atoms with E-state index >= 15 is 0 Å². The number of amidine groups is 1. The molecule has 0 heterocycles. The SMILES string of the molecule is CC=CC(=NC)NC(C)=O. The van der Waals surface area contributed by atoms with E-state index in [-0.39, 0.29) is 5.91 Å². The highest BCUT2D eigenvalue weighted by molar-refractivity contribution is 6.03. The van der Waals surface area contributed by atoms with Gasteiger partial charge in [0.05, 0.1) is 0 Å². The molecule has 0 aliphatic rings. The van der Waals surface area contributed by atoms with Crippen molar-refractivity contribution in [2.24, 2.45) is 4.99 Å². The summed E-state index contributed by atoms with van der Waals surface area (Å²) in [6.07, 6.45) is 3.56. The van der Waals surface area contributed by atoms with Gasteiger partial charge in [0, 0.05) is 14.0 Å². The second kappa shape index (κ2) is 4.73. The normalized spacial score (nSPS) is 12.1. The van der Waals surface area contributed by atoms with Crippen molar-refractivity contribution in [3.8, 4) is 0 Å². The smallest absolute Gasteiger partial charge is 0.222 e. The molecule has 1 amide bonds. The zero-order chi connectivity index (χ0) is 7.98. The lowest BCUT2D eigenvalue weighted by Gasteiger charge is -1.97. The lowest BCUT2D eigenvalue weighted by atomic mass is 10.4. The zero-order valence-electron chi connectivity index (χ0n) is 6.51. The van der Waals surface area contributed by atoms with Gasteiger partial charge in [-0.25, -0.2) is 0 Å². The minimum atomic E-state index is -0.0984. The maximum Gasteiger partial charge on any atom is 0.222 e. The first kappa shape index (κ1) is 8.88. The van der Waals surface area contributed by atoms with Crippen LogP contribution in [-0.2, 0) is 4.79 Å². The van der Waals surface area contributed by atoms with Gasteiger partial charge in [0.15, 0.2) is 0 Å². The van der Waals surface area contributed by atoms with E-state index in [4.69, 9.17) is 0 Å².